The number of halogens is 3. The molecule has 1 heterocycles. The molecule has 7 heteroatoms. The molecule has 2 N–H and O–H groups in total. The van der Waals surface area contributed by atoms with Crippen LogP contribution in [0.15, 0.2) is 24.4 Å². The second-order valence-corrected chi connectivity index (χ2v) is 4.71. The van der Waals surface area contributed by atoms with Crippen molar-refractivity contribution in [2.45, 2.75) is 6.92 Å². The third-order valence-electron chi connectivity index (χ3n) is 2.88. The molecule has 0 saturated heterocycles. The molecular weight excluding hydrogens is 300 g/mol. The molecule has 0 aliphatic carbocycles. The Hall–Kier alpha value is -2.21. The van der Waals surface area contributed by atoms with E-state index >= 15 is 0 Å². The molecule has 0 fully saturated rings. The Kier molecular flexibility index (Phi) is 4.37. The molecule has 0 saturated carbocycles. The monoisotopic (exact) mass is 311 g/mol. The maximum absolute atomic E-state index is 13.9. The van der Waals surface area contributed by atoms with Gasteiger partial charge >= 0.3 is 0 Å². The van der Waals surface area contributed by atoms with Crippen molar-refractivity contribution in [3.8, 4) is 0 Å². The lowest BCUT2D eigenvalue weighted by atomic mass is 10.1. The molecular formula is C14H12ClF2N3O. The topological polar surface area (TPSA) is 54.0 Å². The van der Waals surface area contributed by atoms with Gasteiger partial charge in [0.05, 0.1) is 10.6 Å². The molecule has 21 heavy (non-hydrogen) atoms. The molecule has 4 nitrogen and oxygen atoms in total. The van der Waals surface area contributed by atoms with Gasteiger partial charge in [0, 0.05) is 13.2 Å². The van der Waals surface area contributed by atoms with Crippen molar-refractivity contribution in [1.29, 1.82) is 0 Å². The minimum absolute atomic E-state index is 0.0660. The van der Waals surface area contributed by atoms with Gasteiger partial charge in [-0.05, 0) is 24.6 Å². The van der Waals surface area contributed by atoms with E-state index in [2.05, 4.69) is 15.6 Å². The van der Waals surface area contributed by atoms with E-state index in [-0.39, 0.29) is 16.1 Å². The van der Waals surface area contributed by atoms with Crippen LogP contribution in [0.1, 0.15) is 15.9 Å². The first-order chi connectivity index (χ1) is 9.93. The van der Waals surface area contributed by atoms with Crippen LogP contribution in [0, 0.1) is 18.6 Å². The normalized spacial score (nSPS) is 10.3. The van der Waals surface area contributed by atoms with Crippen LogP contribution < -0.4 is 10.6 Å². The van der Waals surface area contributed by atoms with Gasteiger partial charge in [0.1, 0.15) is 17.3 Å². The van der Waals surface area contributed by atoms with Crippen molar-refractivity contribution < 1.29 is 13.6 Å². The standard InChI is InChI=1S/C14H12ClF2N3O/c1-7-3-4-10(16)13(12(7)17)20-14(21)8-5-11(18-2)19-6-9(8)15/h3-6H,1-2H3,(H,18,19)(H,20,21). The molecule has 0 bridgehead atoms. The lowest BCUT2D eigenvalue weighted by molar-refractivity contribution is 0.102. The molecule has 0 spiro atoms. The highest BCUT2D eigenvalue weighted by Crippen LogP contribution is 2.24. The SMILES string of the molecule is CNc1cc(C(=O)Nc2c(F)ccc(C)c2F)c(Cl)cn1. The molecule has 0 radical (unpaired) electrons. The van der Waals surface area contributed by atoms with Crippen molar-refractivity contribution >= 4 is 29.0 Å². The fourth-order valence-electron chi connectivity index (χ4n) is 1.70. The fourth-order valence-corrected chi connectivity index (χ4v) is 1.89. The van der Waals surface area contributed by atoms with Gasteiger partial charge in [-0.1, -0.05) is 17.7 Å². The molecule has 2 aromatic rings. The minimum Gasteiger partial charge on any atom is -0.373 e. The van der Waals surface area contributed by atoms with Crippen molar-refractivity contribution in [2.24, 2.45) is 0 Å². The van der Waals surface area contributed by atoms with Gasteiger partial charge in [-0.2, -0.15) is 0 Å². The van der Waals surface area contributed by atoms with Crippen molar-refractivity contribution in [1.82, 2.24) is 4.98 Å². The summed E-state index contributed by atoms with van der Waals surface area (Å²) in [6.45, 7) is 1.48. The summed E-state index contributed by atoms with van der Waals surface area (Å²) in [5.74, 6) is -1.98. The number of hydrogen-bond acceptors (Lipinski definition) is 3. The zero-order valence-corrected chi connectivity index (χ0v) is 12.1. The molecule has 2 rings (SSSR count). The lowest BCUT2D eigenvalue weighted by Gasteiger charge is -2.11. The van der Waals surface area contributed by atoms with E-state index in [9.17, 15) is 13.6 Å². The lowest BCUT2D eigenvalue weighted by Crippen LogP contribution is -2.16. The summed E-state index contributed by atoms with van der Waals surface area (Å²) in [6, 6.07) is 3.77. The summed E-state index contributed by atoms with van der Waals surface area (Å²) in [5.41, 5.74) is -0.210. The van der Waals surface area contributed by atoms with Crippen LogP contribution in [0.25, 0.3) is 0 Å². The molecule has 0 aliphatic heterocycles. The molecule has 1 aromatic heterocycles. The minimum atomic E-state index is -0.856. The molecule has 0 atom stereocenters. The van der Waals surface area contributed by atoms with Gasteiger partial charge in [-0.3, -0.25) is 4.79 Å². The summed E-state index contributed by atoms with van der Waals surface area (Å²) in [7, 11) is 1.62. The van der Waals surface area contributed by atoms with Crippen LogP contribution in [0.2, 0.25) is 5.02 Å². The Bertz CT molecular complexity index is 707. The number of pyridine rings is 1. The van der Waals surface area contributed by atoms with Crippen LogP contribution >= 0.6 is 11.6 Å². The van der Waals surface area contributed by atoms with E-state index < -0.39 is 23.2 Å². The summed E-state index contributed by atoms with van der Waals surface area (Å²) >= 11 is 5.89. The molecule has 0 unspecified atom stereocenters. The van der Waals surface area contributed by atoms with Gasteiger partial charge in [-0.25, -0.2) is 13.8 Å². The van der Waals surface area contributed by atoms with E-state index in [1.54, 1.807) is 7.05 Å². The maximum atomic E-state index is 13.9. The Morgan fingerprint density at radius 2 is 2.05 bits per heavy atom. The number of nitrogens with zero attached hydrogens (tertiary/aromatic N) is 1. The van der Waals surface area contributed by atoms with Crippen LogP contribution in [0.5, 0.6) is 0 Å². The Labute approximate surface area is 125 Å². The van der Waals surface area contributed by atoms with Crippen LogP contribution in [-0.4, -0.2) is 17.9 Å². The average Bonchev–Trinajstić information content (AvgIpc) is 2.48. The highest BCUT2D eigenvalue weighted by Gasteiger charge is 2.18. The Morgan fingerprint density at radius 3 is 2.71 bits per heavy atom. The zero-order chi connectivity index (χ0) is 15.6. The second-order valence-electron chi connectivity index (χ2n) is 4.31. The van der Waals surface area contributed by atoms with E-state index in [1.807, 2.05) is 0 Å². The van der Waals surface area contributed by atoms with Crippen LogP contribution in [0.4, 0.5) is 20.3 Å². The summed E-state index contributed by atoms with van der Waals surface area (Å²) in [4.78, 5) is 16.1. The summed E-state index contributed by atoms with van der Waals surface area (Å²) in [6.07, 6.45) is 1.28. The highest BCUT2D eigenvalue weighted by atomic mass is 35.5. The quantitative estimate of drug-likeness (QED) is 0.910. The van der Waals surface area contributed by atoms with Gasteiger partial charge in [-0.15, -0.1) is 0 Å². The van der Waals surface area contributed by atoms with Gasteiger partial charge in [0.2, 0.25) is 0 Å². The number of aromatic nitrogens is 1. The Morgan fingerprint density at radius 1 is 1.33 bits per heavy atom. The number of rotatable bonds is 3. The van der Waals surface area contributed by atoms with Crippen LogP contribution in [-0.2, 0) is 0 Å². The number of carbonyl (C=O) groups excluding carboxylic acids is 1. The predicted octanol–water partition coefficient (Wildman–Crippen LogP) is 3.62. The van der Waals surface area contributed by atoms with Crippen molar-refractivity contribution in [3.63, 3.8) is 0 Å². The third-order valence-corrected chi connectivity index (χ3v) is 3.18. The summed E-state index contributed by atoms with van der Waals surface area (Å²) < 4.78 is 27.5. The number of benzene rings is 1. The van der Waals surface area contributed by atoms with E-state index in [0.29, 0.717) is 5.82 Å². The first-order valence-electron chi connectivity index (χ1n) is 6.03. The van der Waals surface area contributed by atoms with Gasteiger partial charge < -0.3 is 10.6 Å². The first-order valence-corrected chi connectivity index (χ1v) is 6.41. The maximum Gasteiger partial charge on any atom is 0.257 e. The average molecular weight is 312 g/mol. The smallest absolute Gasteiger partial charge is 0.257 e. The fraction of sp³-hybridized carbons (Fsp3) is 0.143. The Balaban J connectivity index is 2.37. The number of amides is 1. The number of nitrogens with one attached hydrogen (secondary N) is 2. The zero-order valence-electron chi connectivity index (χ0n) is 11.3. The number of carbonyl (C=O) groups is 1. The van der Waals surface area contributed by atoms with Gasteiger partial charge in [0.25, 0.3) is 5.91 Å². The van der Waals surface area contributed by atoms with E-state index in [4.69, 9.17) is 11.6 Å². The van der Waals surface area contributed by atoms with Gasteiger partial charge in [0.15, 0.2) is 5.82 Å². The summed E-state index contributed by atoms with van der Waals surface area (Å²) in [5, 5.41) is 5.03. The largest absolute Gasteiger partial charge is 0.373 e. The second kappa shape index (κ2) is 6.05. The van der Waals surface area contributed by atoms with Crippen LogP contribution in [0.3, 0.4) is 0 Å². The molecule has 0 aliphatic rings. The molecule has 1 aromatic carbocycles. The highest BCUT2D eigenvalue weighted by molar-refractivity contribution is 6.34. The number of hydrogen-bond donors (Lipinski definition) is 2. The molecule has 1 amide bonds. The molecule has 110 valence electrons. The van der Waals surface area contributed by atoms with E-state index in [1.165, 1.54) is 25.3 Å². The van der Waals surface area contributed by atoms with Crippen molar-refractivity contribution in [3.05, 3.63) is 52.2 Å². The first kappa shape index (κ1) is 15.2. The van der Waals surface area contributed by atoms with E-state index in [0.717, 1.165) is 6.07 Å². The van der Waals surface area contributed by atoms with Crippen molar-refractivity contribution in [2.75, 3.05) is 17.7 Å². The predicted molar refractivity (Wildman–Crippen MR) is 77.8 cm³/mol. The number of anilines is 2. The third kappa shape index (κ3) is 3.11. The number of aryl methyl sites for hydroxylation is 1.